The third-order valence-corrected chi connectivity index (χ3v) is 5.71. The van der Waals surface area contributed by atoms with Crippen molar-refractivity contribution in [2.24, 2.45) is 0 Å². The summed E-state index contributed by atoms with van der Waals surface area (Å²) in [6.07, 6.45) is 5.89. The molecule has 3 heterocycles. The van der Waals surface area contributed by atoms with Gasteiger partial charge in [0.05, 0.1) is 0 Å². The topological polar surface area (TPSA) is 41.0 Å². The quantitative estimate of drug-likeness (QED) is 0.896. The molecule has 1 atom stereocenters. The normalized spacial score (nSPS) is 17.9. The van der Waals surface area contributed by atoms with Gasteiger partial charge in [-0.1, -0.05) is 0 Å². The monoisotopic (exact) mass is 366 g/mol. The number of anilines is 1. The fourth-order valence-electron chi connectivity index (χ4n) is 2.69. The van der Waals surface area contributed by atoms with Gasteiger partial charge in [-0.05, 0) is 47.8 Å². The molecule has 1 unspecified atom stereocenters. The smallest absolute Gasteiger partial charge is 0.225 e. The van der Waals surface area contributed by atoms with Crippen molar-refractivity contribution >= 4 is 33.2 Å². The van der Waals surface area contributed by atoms with Gasteiger partial charge in [-0.3, -0.25) is 0 Å². The fourth-order valence-corrected chi connectivity index (χ4v) is 4.15. The number of halogens is 1. The van der Waals surface area contributed by atoms with E-state index in [2.05, 4.69) is 54.5 Å². The number of hydrogen-bond donors (Lipinski definition) is 1. The summed E-state index contributed by atoms with van der Waals surface area (Å²) in [5.74, 6) is 0.853. The van der Waals surface area contributed by atoms with Crippen LogP contribution < -0.4 is 10.2 Å². The maximum absolute atomic E-state index is 4.33. The van der Waals surface area contributed by atoms with Crippen LogP contribution in [0, 0.1) is 0 Å². The first-order valence-electron chi connectivity index (χ1n) is 7.24. The van der Waals surface area contributed by atoms with Gasteiger partial charge in [0.1, 0.15) is 0 Å². The Morgan fingerprint density at radius 3 is 2.67 bits per heavy atom. The summed E-state index contributed by atoms with van der Waals surface area (Å²) in [4.78, 5) is 12.3. The number of nitrogens with zero attached hydrogens (tertiary/aromatic N) is 3. The molecule has 21 heavy (non-hydrogen) atoms. The van der Waals surface area contributed by atoms with Crippen LogP contribution in [0.1, 0.15) is 30.7 Å². The Bertz CT molecular complexity index is 566. The Hall–Kier alpha value is -0.980. The van der Waals surface area contributed by atoms with Crippen molar-refractivity contribution in [1.82, 2.24) is 15.3 Å². The van der Waals surface area contributed by atoms with Crippen LogP contribution in [0.3, 0.4) is 0 Å². The Morgan fingerprint density at radius 2 is 2.05 bits per heavy atom. The Morgan fingerprint density at radius 1 is 1.33 bits per heavy atom. The molecule has 0 bridgehead atoms. The van der Waals surface area contributed by atoms with Gasteiger partial charge in [-0.2, -0.15) is 0 Å². The number of rotatable bonds is 4. The standard InChI is InChI=1S/C15H19BrN4S/c1-11(14-9-12(16)10-21-14)19-13-3-7-20(8-4-13)15-17-5-2-6-18-15/h2,5-6,9-11,13,19H,3-4,7-8H2,1H3. The van der Waals surface area contributed by atoms with Crippen molar-refractivity contribution in [2.75, 3.05) is 18.0 Å². The first-order valence-corrected chi connectivity index (χ1v) is 8.91. The van der Waals surface area contributed by atoms with Gasteiger partial charge < -0.3 is 10.2 Å². The van der Waals surface area contributed by atoms with Crippen LogP contribution in [-0.2, 0) is 0 Å². The lowest BCUT2D eigenvalue weighted by Crippen LogP contribution is -2.43. The summed E-state index contributed by atoms with van der Waals surface area (Å²) in [7, 11) is 0. The van der Waals surface area contributed by atoms with Crippen molar-refractivity contribution in [3.63, 3.8) is 0 Å². The third kappa shape index (κ3) is 3.81. The molecule has 2 aromatic rings. The molecule has 1 N–H and O–H groups in total. The van der Waals surface area contributed by atoms with Crippen molar-refractivity contribution in [3.05, 3.63) is 39.3 Å². The van der Waals surface area contributed by atoms with Crippen molar-refractivity contribution in [1.29, 1.82) is 0 Å². The Labute approximate surface area is 137 Å². The highest BCUT2D eigenvalue weighted by Gasteiger charge is 2.22. The van der Waals surface area contributed by atoms with Crippen LogP contribution >= 0.6 is 27.3 Å². The van der Waals surface area contributed by atoms with E-state index in [0.717, 1.165) is 31.9 Å². The lowest BCUT2D eigenvalue weighted by molar-refractivity contribution is 0.381. The summed E-state index contributed by atoms with van der Waals surface area (Å²) in [5.41, 5.74) is 0. The summed E-state index contributed by atoms with van der Waals surface area (Å²) < 4.78 is 1.17. The molecule has 0 saturated carbocycles. The molecule has 4 nitrogen and oxygen atoms in total. The Balaban J connectivity index is 1.52. The van der Waals surface area contributed by atoms with E-state index in [1.807, 2.05) is 18.5 Å². The highest BCUT2D eigenvalue weighted by atomic mass is 79.9. The Kier molecular flexibility index (Phi) is 4.87. The average Bonchev–Trinajstić information content (AvgIpc) is 2.96. The van der Waals surface area contributed by atoms with Crippen LogP contribution in [0.2, 0.25) is 0 Å². The predicted molar refractivity (Wildman–Crippen MR) is 90.8 cm³/mol. The highest BCUT2D eigenvalue weighted by molar-refractivity contribution is 9.10. The van der Waals surface area contributed by atoms with Gasteiger partial charge in [0.15, 0.2) is 0 Å². The minimum absolute atomic E-state index is 0.408. The van der Waals surface area contributed by atoms with E-state index >= 15 is 0 Å². The van der Waals surface area contributed by atoms with Crippen molar-refractivity contribution in [3.8, 4) is 0 Å². The molecule has 1 fully saturated rings. The zero-order valence-corrected chi connectivity index (χ0v) is 14.4. The van der Waals surface area contributed by atoms with E-state index in [9.17, 15) is 0 Å². The largest absolute Gasteiger partial charge is 0.341 e. The molecule has 1 saturated heterocycles. The summed E-state index contributed by atoms with van der Waals surface area (Å²) in [6.45, 7) is 4.27. The molecular weight excluding hydrogens is 348 g/mol. The first-order chi connectivity index (χ1) is 10.2. The fraction of sp³-hybridized carbons (Fsp3) is 0.467. The van der Waals surface area contributed by atoms with Gasteiger partial charge >= 0.3 is 0 Å². The van der Waals surface area contributed by atoms with Gasteiger partial charge in [0, 0.05) is 52.3 Å². The van der Waals surface area contributed by atoms with Gasteiger partial charge in [-0.25, -0.2) is 9.97 Å². The van der Waals surface area contributed by atoms with E-state index in [1.165, 1.54) is 9.35 Å². The lowest BCUT2D eigenvalue weighted by Gasteiger charge is -2.33. The van der Waals surface area contributed by atoms with E-state index in [0.29, 0.717) is 12.1 Å². The number of thiophene rings is 1. The minimum atomic E-state index is 0.408. The van der Waals surface area contributed by atoms with E-state index in [4.69, 9.17) is 0 Å². The molecule has 3 rings (SSSR count). The highest BCUT2D eigenvalue weighted by Crippen LogP contribution is 2.26. The van der Waals surface area contributed by atoms with Gasteiger partial charge in [-0.15, -0.1) is 11.3 Å². The number of piperidine rings is 1. The molecule has 0 aromatic carbocycles. The molecule has 1 aliphatic heterocycles. The molecule has 112 valence electrons. The van der Waals surface area contributed by atoms with E-state index in [-0.39, 0.29) is 0 Å². The average molecular weight is 367 g/mol. The second-order valence-corrected chi connectivity index (χ2v) is 7.22. The molecule has 0 spiro atoms. The molecule has 0 aliphatic carbocycles. The van der Waals surface area contributed by atoms with Crippen molar-refractivity contribution in [2.45, 2.75) is 31.8 Å². The lowest BCUT2D eigenvalue weighted by atomic mass is 10.0. The molecule has 2 aromatic heterocycles. The van der Waals surface area contributed by atoms with E-state index in [1.54, 1.807) is 11.3 Å². The summed E-state index contributed by atoms with van der Waals surface area (Å²) in [6, 6.07) is 5.04. The molecular formula is C15H19BrN4S. The zero-order valence-electron chi connectivity index (χ0n) is 12.0. The second-order valence-electron chi connectivity index (χ2n) is 5.37. The van der Waals surface area contributed by atoms with Crippen LogP contribution in [0.5, 0.6) is 0 Å². The van der Waals surface area contributed by atoms with Crippen molar-refractivity contribution < 1.29 is 0 Å². The number of nitrogens with one attached hydrogen (secondary N) is 1. The molecule has 0 radical (unpaired) electrons. The third-order valence-electron chi connectivity index (χ3n) is 3.83. The summed E-state index contributed by atoms with van der Waals surface area (Å²) >= 11 is 5.33. The molecule has 0 amide bonds. The first kappa shape index (κ1) is 14.9. The number of aromatic nitrogens is 2. The second kappa shape index (κ2) is 6.85. The molecule has 6 heteroatoms. The zero-order chi connectivity index (χ0) is 14.7. The minimum Gasteiger partial charge on any atom is -0.341 e. The molecule has 1 aliphatic rings. The van der Waals surface area contributed by atoms with Crippen LogP contribution in [0.15, 0.2) is 34.4 Å². The van der Waals surface area contributed by atoms with Crippen LogP contribution in [0.4, 0.5) is 5.95 Å². The number of hydrogen-bond acceptors (Lipinski definition) is 5. The maximum Gasteiger partial charge on any atom is 0.225 e. The van der Waals surface area contributed by atoms with Gasteiger partial charge in [0.25, 0.3) is 0 Å². The maximum atomic E-state index is 4.33. The predicted octanol–water partition coefficient (Wildman–Crippen LogP) is 3.62. The van der Waals surface area contributed by atoms with Crippen LogP contribution in [0.25, 0.3) is 0 Å². The SMILES string of the molecule is CC(NC1CCN(c2ncccn2)CC1)c1cc(Br)cs1. The van der Waals surface area contributed by atoms with E-state index < -0.39 is 0 Å². The van der Waals surface area contributed by atoms with Gasteiger partial charge in [0.2, 0.25) is 5.95 Å². The van der Waals surface area contributed by atoms with Crippen LogP contribution in [-0.4, -0.2) is 29.1 Å². The summed E-state index contributed by atoms with van der Waals surface area (Å²) in [5, 5.41) is 5.88.